The molecule has 0 spiro atoms. The van der Waals surface area contributed by atoms with Crippen LogP contribution < -0.4 is 10.6 Å². The lowest BCUT2D eigenvalue weighted by molar-refractivity contribution is -0.120. The van der Waals surface area contributed by atoms with Crippen molar-refractivity contribution in [3.05, 3.63) is 64.2 Å². The van der Waals surface area contributed by atoms with Crippen LogP contribution in [0.5, 0.6) is 0 Å². The highest BCUT2D eigenvalue weighted by Gasteiger charge is 2.38. The fourth-order valence-electron chi connectivity index (χ4n) is 4.01. The van der Waals surface area contributed by atoms with E-state index in [1.807, 2.05) is 18.2 Å². The van der Waals surface area contributed by atoms with Gasteiger partial charge in [0, 0.05) is 29.7 Å². The first-order chi connectivity index (χ1) is 11.7. The molecule has 2 aromatic rings. The van der Waals surface area contributed by atoms with Crippen molar-refractivity contribution < 1.29 is 4.79 Å². The molecule has 4 heteroatoms. The van der Waals surface area contributed by atoms with Gasteiger partial charge in [-0.1, -0.05) is 42.3 Å². The average molecular weight is 341 g/mol. The molecule has 1 aliphatic carbocycles. The first-order valence-electron chi connectivity index (χ1n) is 8.59. The van der Waals surface area contributed by atoms with Crippen LogP contribution in [0, 0.1) is 5.92 Å². The topological polar surface area (TPSA) is 41.1 Å². The number of benzene rings is 2. The third-order valence-corrected chi connectivity index (χ3v) is 5.41. The van der Waals surface area contributed by atoms with Crippen molar-refractivity contribution >= 4 is 23.2 Å². The Labute approximate surface area is 147 Å². The summed E-state index contributed by atoms with van der Waals surface area (Å²) in [5.74, 6) is 0.806. The normalized spacial score (nSPS) is 22.0. The van der Waals surface area contributed by atoms with E-state index in [0.717, 1.165) is 43.1 Å². The summed E-state index contributed by atoms with van der Waals surface area (Å²) in [5.41, 5.74) is 4.68. The largest absolute Gasteiger partial charge is 0.326 e. The smallest absolute Gasteiger partial charge is 0.228 e. The van der Waals surface area contributed by atoms with Crippen LogP contribution in [-0.2, 0) is 17.9 Å². The van der Waals surface area contributed by atoms with Crippen molar-refractivity contribution in [2.24, 2.45) is 5.92 Å². The average Bonchev–Trinajstić information content (AvgIpc) is 3.05. The van der Waals surface area contributed by atoms with Gasteiger partial charge in [0.25, 0.3) is 0 Å². The molecule has 24 heavy (non-hydrogen) atoms. The van der Waals surface area contributed by atoms with Crippen molar-refractivity contribution in [3.8, 4) is 0 Å². The minimum absolute atomic E-state index is 0.185. The van der Waals surface area contributed by atoms with Crippen molar-refractivity contribution in [1.82, 2.24) is 5.32 Å². The standard InChI is InChI=1S/C20H21ClN2O/c21-15-4-1-3-13(9-15)11-22-12-14-7-8-17-16-5-2-6-18(16)20(24)23-19(17)10-14/h1,3-4,7-10,16,18,22H,2,5-6,11-12H2,(H,23,24). The first kappa shape index (κ1) is 15.7. The van der Waals surface area contributed by atoms with Gasteiger partial charge in [0.15, 0.2) is 0 Å². The molecule has 2 atom stereocenters. The van der Waals surface area contributed by atoms with Gasteiger partial charge in [0.2, 0.25) is 5.91 Å². The summed E-state index contributed by atoms with van der Waals surface area (Å²) < 4.78 is 0. The molecule has 1 aliphatic heterocycles. The number of rotatable bonds is 4. The maximum absolute atomic E-state index is 12.2. The lowest BCUT2D eigenvalue weighted by atomic mass is 9.83. The molecule has 1 heterocycles. The van der Waals surface area contributed by atoms with Crippen molar-refractivity contribution in [2.45, 2.75) is 38.3 Å². The van der Waals surface area contributed by atoms with Crippen LogP contribution in [0.25, 0.3) is 0 Å². The molecule has 1 fully saturated rings. The summed E-state index contributed by atoms with van der Waals surface area (Å²) in [6.45, 7) is 1.54. The van der Waals surface area contributed by atoms with Crippen LogP contribution in [0.4, 0.5) is 5.69 Å². The number of hydrogen-bond acceptors (Lipinski definition) is 2. The van der Waals surface area contributed by atoms with Gasteiger partial charge in [0.05, 0.1) is 0 Å². The summed E-state index contributed by atoms with van der Waals surface area (Å²) in [5, 5.41) is 7.30. The number of fused-ring (bicyclic) bond motifs is 3. The fourth-order valence-corrected chi connectivity index (χ4v) is 4.23. The van der Waals surface area contributed by atoms with Crippen molar-refractivity contribution in [1.29, 1.82) is 0 Å². The molecule has 124 valence electrons. The Kier molecular flexibility index (Phi) is 4.30. The molecular formula is C20H21ClN2O. The molecule has 1 saturated carbocycles. The Morgan fingerprint density at radius 2 is 1.83 bits per heavy atom. The van der Waals surface area contributed by atoms with E-state index in [1.165, 1.54) is 16.7 Å². The van der Waals surface area contributed by atoms with Crippen LogP contribution in [0.3, 0.4) is 0 Å². The number of carbonyl (C=O) groups is 1. The minimum Gasteiger partial charge on any atom is -0.326 e. The first-order valence-corrected chi connectivity index (χ1v) is 8.97. The van der Waals surface area contributed by atoms with Gasteiger partial charge in [-0.3, -0.25) is 4.79 Å². The van der Waals surface area contributed by atoms with Gasteiger partial charge in [-0.25, -0.2) is 0 Å². The van der Waals surface area contributed by atoms with Crippen LogP contribution in [0.2, 0.25) is 5.02 Å². The molecule has 1 amide bonds. The van der Waals surface area contributed by atoms with E-state index in [4.69, 9.17) is 11.6 Å². The number of anilines is 1. The van der Waals surface area contributed by atoms with Gasteiger partial charge in [0.1, 0.15) is 0 Å². The lowest BCUT2D eigenvalue weighted by Gasteiger charge is -2.28. The molecule has 0 saturated heterocycles. The third kappa shape index (κ3) is 3.06. The van der Waals surface area contributed by atoms with E-state index in [9.17, 15) is 4.79 Å². The molecule has 2 aliphatic rings. The van der Waals surface area contributed by atoms with Crippen LogP contribution in [0.1, 0.15) is 41.9 Å². The number of halogens is 1. The van der Waals surface area contributed by atoms with Crippen LogP contribution in [-0.4, -0.2) is 5.91 Å². The predicted molar refractivity (Wildman–Crippen MR) is 97.1 cm³/mol. The zero-order valence-corrected chi connectivity index (χ0v) is 14.3. The maximum Gasteiger partial charge on any atom is 0.228 e. The number of carbonyl (C=O) groups excluding carboxylic acids is 1. The summed E-state index contributed by atoms with van der Waals surface area (Å²) in [7, 11) is 0. The summed E-state index contributed by atoms with van der Waals surface area (Å²) in [6, 6.07) is 14.4. The summed E-state index contributed by atoms with van der Waals surface area (Å²) in [6.07, 6.45) is 3.32. The van der Waals surface area contributed by atoms with Gasteiger partial charge in [-0.15, -0.1) is 0 Å². The molecule has 4 rings (SSSR count). The van der Waals surface area contributed by atoms with E-state index in [2.05, 4.69) is 34.9 Å². The molecule has 0 bridgehead atoms. The molecule has 0 aromatic heterocycles. The van der Waals surface area contributed by atoms with E-state index in [0.29, 0.717) is 5.92 Å². The molecule has 0 radical (unpaired) electrons. The van der Waals surface area contributed by atoms with Gasteiger partial charge in [-0.2, -0.15) is 0 Å². The zero-order chi connectivity index (χ0) is 16.5. The third-order valence-electron chi connectivity index (χ3n) is 5.18. The highest BCUT2D eigenvalue weighted by molar-refractivity contribution is 6.30. The van der Waals surface area contributed by atoms with Crippen molar-refractivity contribution in [2.75, 3.05) is 5.32 Å². The summed E-state index contributed by atoms with van der Waals surface area (Å²) >= 11 is 6.01. The van der Waals surface area contributed by atoms with Gasteiger partial charge >= 0.3 is 0 Å². The second-order valence-corrected chi connectivity index (χ2v) is 7.22. The van der Waals surface area contributed by atoms with E-state index >= 15 is 0 Å². The predicted octanol–water partition coefficient (Wildman–Crippen LogP) is 4.47. The van der Waals surface area contributed by atoms with E-state index in [1.54, 1.807) is 0 Å². The summed E-state index contributed by atoms with van der Waals surface area (Å²) in [4.78, 5) is 12.2. The number of hydrogen-bond donors (Lipinski definition) is 2. The van der Waals surface area contributed by atoms with Gasteiger partial charge < -0.3 is 10.6 Å². The lowest BCUT2D eigenvalue weighted by Crippen LogP contribution is -2.30. The zero-order valence-electron chi connectivity index (χ0n) is 13.5. The highest BCUT2D eigenvalue weighted by atomic mass is 35.5. The second kappa shape index (κ2) is 6.58. The van der Waals surface area contributed by atoms with Crippen LogP contribution >= 0.6 is 11.6 Å². The number of amides is 1. The fraction of sp³-hybridized carbons (Fsp3) is 0.350. The molecule has 2 N–H and O–H groups in total. The van der Waals surface area contributed by atoms with Crippen molar-refractivity contribution in [3.63, 3.8) is 0 Å². The second-order valence-electron chi connectivity index (χ2n) is 6.79. The minimum atomic E-state index is 0.185. The quantitative estimate of drug-likeness (QED) is 0.862. The monoisotopic (exact) mass is 340 g/mol. The Hall–Kier alpha value is -1.84. The SMILES string of the molecule is O=C1Nc2cc(CNCc3cccc(Cl)c3)ccc2C2CCCC12. The Morgan fingerprint density at radius 3 is 2.67 bits per heavy atom. The molecular weight excluding hydrogens is 320 g/mol. The van der Waals surface area contributed by atoms with Crippen LogP contribution in [0.15, 0.2) is 42.5 Å². The van der Waals surface area contributed by atoms with E-state index < -0.39 is 0 Å². The maximum atomic E-state index is 12.2. The highest BCUT2D eigenvalue weighted by Crippen LogP contribution is 2.46. The van der Waals surface area contributed by atoms with Gasteiger partial charge in [-0.05, 0) is 53.6 Å². The molecule has 3 nitrogen and oxygen atoms in total. The Morgan fingerprint density at radius 1 is 1.04 bits per heavy atom. The molecule has 2 unspecified atom stereocenters. The van der Waals surface area contributed by atoms with E-state index in [-0.39, 0.29) is 11.8 Å². The number of nitrogens with one attached hydrogen (secondary N) is 2. The Bertz CT molecular complexity index is 774. The Balaban J connectivity index is 1.44. The molecule has 2 aromatic carbocycles.